The van der Waals surface area contributed by atoms with Gasteiger partial charge >= 0.3 is 0 Å². The van der Waals surface area contributed by atoms with Crippen LogP contribution in [0, 0.1) is 17.0 Å². The van der Waals surface area contributed by atoms with Crippen molar-refractivity contribution in [2.75, 3.05) is 19.5 Å². The van der Waals surface area contributed by atoms with Gasteiger partial charge in [0.05, 0.1) is 19.1 Å². The summed E-state index contributed by atoms with van der Waals surface area (Å²) in [5.74, 6) is 1.02. The van der Waals surface area contributed by atoms with Crippen molar-refractivity contribution in [2.45, 2.75) is 19.8 Å². The van der Waals surface area contributed by atoms with Crippen molar-refractivity contribution in [3.05, 3.63) is 57.6 Å². The van der Waals surface area contributed by atoms with Crippen LogP contribution in [0.2, 0.25) is 0 Å². The minimum atomic E-state index is -0.464. The number of nitrogens with one attached hydrogen (secondary N) is 1. The number of benzene rings is 2. The predicted octanol–water partition coefficient (Wildman–Crippen LogP) is 3.49. The lowest BCUT2D eigenvalue weighted by Crippen LogP contribution is -2.12. The first kappa shape index (κ1) is 18.3. The number of nitro benzene ring substituents is 1. The van der Waals surface area contributed by atoms with Gasteiger partial charge in [-0.2, -0.15) is 0 Å². The topological polar surface area (TPSA) is 90.7 Å². The van der Waals surface area contributed by atoms with Crippen LogP contribution in [0.25, 0.3) is 0 Å². The summed E-state index contributed by atoms with van der Waals surface area (Å²) in [6, 6.07) is 10.1. The highest BCUT2D eigenvalue weighted by molar-refractivity contribution is 5.91. The quantitative estimate of drug-likeness (QED) is 0.613. The molecule has 0 fully saturated rings. The molecule has 1 N–H and O–H groups in total. The molecule has 0 heterocycles. The third-order valence-electron chi connectivity index (χ3n) is 3.78. The maximum atomic E-state index is 12.1. The zero-order valence-corrected chi connectivity index (χ0v) is 14.4. The van der Waals surface area contributed by atoms with Crippen molar-refractivity contribution >= 4 is 17.3 Å². The van der Waals surface area contributed by atoms with E-state index < -0.39 is 4.92 Å². The molecule has 2 aromatic rings. The number of carbonyl (C=O) groups excluding carboxylic acids is 1. The van der Waals surface area contributed by atoms with Crippen LogP contribution >= 0.6 is 0 Å². The van der Waals surface area contributed by atoms with E-state index in [0.29, 0.717) is 29.2 Å². The molecule has 0 spiro atoms. The van der Waals surface area contributed by atoms with Gasteiger partial charge in [0.15, 0.2) is 11.5 Å². The molecular formula is C18H20N2O5. The average Bonchev–Trinajstić information content (AvgIpc) is 2.61. The zero-order valence-electron chi connectivity index (χ0n) is 14.4. The van der Waals surface area contributed by atoms with Gasteiger partial charge in [-0.05, 0) is 37.1 Å². The summed E-state index contributed by atoms with van der Waals surface area (Å²) in [4.78, 5) is 22.6. The van der Waals surface area contributed by atoms with Crippen LogP contribution in [-0.4, -0.2) is 25.1 Å². The Labute approximate surface area is 145 Å². The number of carbonyl (C=O) groups is 1. The third-order valence-corrected chi connectivity index (χ3v) is 3.78. The van der Waals surface area contributed by atoms with Crippen LogP contribution in [0.3, 0.4) is 0 Å². The van der Waals surface area contributed by atoms with Crippen LogP contribution in [0.15, 0.2) is 36.4 Å². The molecule has 0 aliphatic rings. The molecule has 132 valence electrons. The molecule has 0 bridgehead atoms. The third kappa shape index (κ3) is 4.69. The van der Waals surface area contributed by atoms with Gasteiger partial charge in [0, 0.05) is 23.7 Å². The Hall–Kier alpha value is -3.09. The molecule has 0 atom stereocenters. The molecule has 0 aliphatic heterocycles. The molecule has 2 aromatic carbocycles. The number of amides is 1. The van der Waals surface area contributed by atoms with E-state index in [4.69, 9.17) is 9.47 Å². The number of nitro groups is 1. The number of hydrogen-bond acceptors (Lipinski definition) is 5. The highest BCUT2D eigenvalue weighted by atomic mass is 16.6. The predicted molar refractivity (Wildman–Crippen MR) is 94.3 cm³/mol. The van der Waals surface area contributed by atoms with E-state index in [-0.39, 0.29) is 18.0 Å². The van der Waals surface area contributed by atoms with Gasteiger partial charge in [-0.1, -0.05) is 12.1 Å². The molecule has 7 heteroatoms. The molecule has 0 saturated heterocycles. The molecule has 7 nitrogen and oxygen atoms in total. The number of ether oxygens (including phenoxy) is 2. The summed E-state index contributed by atoms with van der Waals surface area (Å²) in [5.41, 5.74) is 1.88. The molecule has 0 aromatic heterocycles. The Morgan fingerprint density at radius 3 is 2.48 bits per heavy atom. The summed E-state index contributed by atoms with van der Waals surface area (Å²) in [7, 11) is 3.12. The van der Waals surface area contributed by atoms with Crippen molar-refractivity contribution in [1.29, 1.82) is 0 Å². The van der Waals surface area contributed by atoms with E-state index in [1.54, 1.807) is 39.3 Å². The van der Waals surface area contributed by atoms with E-state index in [1.807, 2.05) is 12.1 Å². The molecule has 1 amide bonds. The first-order valence-electron chi connectivity index (χ1n) is 7.70. The van der Waals surface area contributed by atoms with Crippen molar-refractivity contribution < 1.29 is 19.2 Å². The number of rotatable bonds is 7. The summed E-state index contributed by atoms with van der Waals surface area (Å²) in [6.07, 6.45) is 0.761. The Bertz CT molecular complexity index is 789. The second-order valence-corrected chi connectivity index (χ2v) is 5.50. The number of hydrogen-bond donors (Lipinski definition) is 1. The van der Waals surface area contributed by atoms with Crippen molar-refractivity contribution in [3.63, 3.8) is 0 Å². The van der Waals surface area contributed by atoms with E-state index in [9.17, 15) is 14.9 Å². The zero-order chi connectivity index (χ0) is 18.4. The van der Waals surface area contributed by atoms with E-state index in [1.165, 1.54) is 6.07 Å². The fourth-order valence-corrected chi connectivity index (χ4v) is 2.40. The maximum absolute atomic E-state index is 12.1. The largest absolute Gasteiger partial charge is 0.493 e. The SMILES string of the molecule is COc1ccc(CCC(=O)Nc2ccc(C)c([N+](=O)[O-])c2)cc1OC. The van der Waals surface area contributed by atoms with Gasteiger partial charge in [0.2, 0.25) is 5.91 Å². The Morgan fingerprint density at radius 2 is 1.84 bits per heavy atom. The average molecular weight is 344 g/mol. The summed E-state index contributed by atoms with van der Waals surface area (Å²) in [5, 5.41) is 13.6. The Balaban J connectivity index is 1.99. The fourth-order valence-electron chi connectivity index (χ4n) is 2.40. The fraction of sp³-hybridized carbons (Fsp3) is 0.278. The summed E-state index contributed by atoms with van der Waals surface area (Å²) < 4.78 is 10.4. The molecular weight excluding hydrogens is 324 g/mol. The molecule has 2 rings (SSSR count). The minimum absolute atomic E-state index is 0.0160. The van der Waals surface area contributed by atoms with Crippen LogP contribution in [0.1, 0.15) is 17.5 Å². The smallest absolute Gasteiger partial charge is 0.274 e. The number of aryl methyl sites for hydroxylation is 2. The van der Waals surface area contributed by atoms with Gasteiger partial charge < -0.3 is 14.8 Å². The van der Waals surface area contributed by atoms with Crippen molar-refractivity contribution in [3.8, 4) is 11.5 Å². The first-order chi connectivity index (χ1) is 11.9. The summed E-state index contributed by atoms with van der Waals surface area (Å²) in [6.45, 7) is 1.65. The second-order valence-electron chi connectivity index (χ2n) is 5.50. The maximum Gasteiger partial charge on any atom is 0.274 e. The van der Waals surface area contributed by atoms with Gasteiger partial charge in [-0.25, -0.2) is 0 Å². The molecule has 0 unspecified atom stereocenters. The molecule has 0 radical (unpaired) electrons. The minimum Gasteiger partial charge on any atom is -0.493 e. The monoisotopic (exact) mass is 344 g/mol. The number of nitrogens with zero attached hydrogens (tertiary/aromatic N) is 1. The Kier molecular flexibility index (Phi) is 5.94. The summed E-state index contributed by atoms with van der Waals surface area (Å²) >= 11 is 0. The molecule has 0 aliphatic carbocycles. The highest BCUT2D eigenvalue weighted by Crippen LogP contribution is 2.28. The van der Waals surface area contributed by atoms with E-state index in [0.717, 1.165) is 5.56 Å². The van der Waals surface area contributed by atoms with Crippen molar-refractivity contribution in [1.82, 2.24) is 0 Å². The lowest BCUT2D eigenvalue weighted by atomic mass is 10.1. The van der Waals surface area contributed by atoms with Gasteiger partial charge in [0.1, 0.15) is 0 Å². The van der Waals surface area contributed by atoms with E-state index >= 15 is 0 Å². The lowest BCUT2D eigenvalue weighted by Gasteiger charge is -2.10. The molecule has 0 saturated carbocycles. The van der Waals surface area contributed by atoms with Gasteiger partial charge in [0.25, 0.3) is 5.69 Å². The van der Waals surface area contributed by atoms with E-state index in [2.05, 4.69) is 5.32 Å². The first-order valence-corrected chi connectivity index (χ1v) is 7.70. The van der Waals surface area contributed by atoms with Crippen molar-refractivity contribution in [2.24, 2.45) is 0 Å². The second kappa shape index (κ2) is 8.14. The molecule has 25 heavy (non-hydrogen) atoms. The lowest BCUT2D eigenvalue weighted by molar-refractivity contribution is -0.385. The van der Waals surface area contributed by atoms with Gasteiger partial charge in [-0.3, -0.25) is 14.9 Å². The van der Waals surface area contributed by atoms with Crippen LogP contribution in [0.4, 0.5) is 11.4 Å². The standard InChI is InChI=1S/C18H20N2O5/c1-12-4-7-14(11-15(12)20(22)23)19-18(21)9-6-13-5-8-16(24-2)17(10-13)25-3/h4-5,7-8,10-11H,6,9H2,1-3H3,(H,19,21). The normalized spacial score (nSPS) is 10.2. The Morgan fingerprint density at radius 1 is 1.12 bits per heavy atom. The van der Waals surface area contributed by atoms with Crippen LogP contribution in [-0.2, 0) is 11.2 Å². The number of methoxy groups -OCH3 is 2. The van der Waals surface area contributed by atoms with Crippen LogP contribution < -0.4 is 14.8 Å². The van der Waals surface area contributed by atoms with Gasteiger partial charge in [-0.15, -0.1) is 0 Å². The number of anilines is 1. The van der Waals surface area contributed by atoms with Crippen LogP contribution in [0.5, 0.6) is 11.5 Å². The highest BCUT2D eigenvalue weighted by Gasteiger charge is 2.13.